The molecule has 192 valence electrons. The van der Waals surface area contributed by atoms with Crippen molar-refractivity contribution in [1.82, 2.24) is 9.88 Å². The van der Waals surface area contributed by atoms with Crippen molar-refractivity contribution in [3.8, 4) is 0 Å². The Morgan fingerprint density at radius 1 is 1.11 bits per heavy atom. The van der Waals surface area contributed by atoms with Gasteiger partial charge in [0.25, 0.3) is 5.91 Å². The first kappa shape index (κ1) is 24.6. The first-order valence-electron chi connectivity index (χ1n) is 12.4. The van der Waals surface area contributed by atoms with E-state index in [0.29, 0.717) is 25.3 Å². The molecule has 1 aliphatic carbocycles. The van der Waals surface area contributed by atoms with Crippen LogP contribution < -0.4 is 10.2 Å². The monoisotopic (exact) mass is 498 g/mol. The second-order valence-corrected chi connectivity index (χ2v) is 11.0. The van der Waals surface area contributed by atoms with Gasteiger partial charge in [0.2, 0.25) is 5.91 Å². The van der Waals surface area contributed by atoms with E-state index in [-0.39, 0.29) is 46.6 Å². The molecule has 2 aromatic rings. The topological polar surface area (TPSA) is 74.8 Å². The number of benzene rings is 1. The van der Waals surface area contributed by atoms with Crippen molar-refractivity contribution in [3.05, 3.63) is 53.4 Å². The number of morpholine rings is 1. The number of carbonyl (C=O) groups is 2. The van der Waals surface area contributed by atoms with Gasteiger partial charge < -0.3 is 19.9 Å². The molecule has 5 atom stereocenters. The summed E-state index contributed by atoms with van der Waals surface area (Å²) in [5.74, 6) is -2.68. The van der Waals surface area contributed by atoms with Crippen molar-refractivity contribution in [2.24, 2.45) is 17.3 Å². The molecule has 0 radical (unpaired) electrons. The standard InChI is InChI=1S/C27H32F2N4O3/c1-14-10-17(8-9-30-14)31-25(34)24-21-19(27(21,4)5)13-33(24)26(35)18-6-7-20(28)22(29)23(18)32-11-15(2)36-16(3)12-32/h6-10,15-16,19,21,24H,11-13H2,1-5H3,(H,30,31,34)/t15-,16+,19-,21-,24-/m0/s1. The van der Waals surface area contributed by atoms with Crippen molar-refractivity contribution in [3.63, 3.8) is 0 Å². The lowest BCUT2D eigenvalue weighted by atomic mass is 9.99. The number of halogens is 2. The minimum Gasteiger partial charge on any atom is -0.372 e. The first-order chi connectivity index (χ1) is 17.0. The van der Waals surface area contributed by atoms with Crippen LogP contribution in [-0.4, -0.2) is 59.6 Å². The summed E-state index contributed by atoms with van der Waals surface area (Å²) >= 11 is 0. The van der Waals surface area contributed by atoms with Gasteiger partial charge in [-0.1, -0.05) is 13.8 Å². The number of hydrogen-bond acceptors (Lipinski definition) is 5. The van der Waals surface area contributed by atoms with Gasteiger partial charge >= 0.3 is 0 Å². The Hall–Kier alpha value is -3.07. The highest BCUT2D eigenvalue weighted by atomic mass is 19.2. The van der Waals surface area contributed by atoms with Crippen LogP contribution in [0.15, 0.2) is 30.5 Å². The maximum atomic E-state index is 15.2. The Morgan fingerprint density at radius 3 is 2.47 bits per heavy atom. The summed E-state index contributed by atoms with van der Waals surface area (Å²) in [6, 6.07) is 5.07. The first-order valence-corrected chi connectivity index (χ1v) is 12.4. The average Bonchev–Trinajstić information content (AvgIpc) is 3.14. The Morgan fingerprint density at radius 2 is 1.81 bits per heavy atom. The molecule has 2 amide bonds. The van der Waals surface area contributed by atoms with Crippen LogP contribution in [0.4, 0.5) is 20.2 Å². The van der Waals surface area contributed by atoms with E-state index in [9.17, 15) is 14.0 Å². The quantitative estimate of drug-likeness (QED) is 0.690. The highest BCUT2D eigenvalue weighted by molar-refractivity contribution is 6.05. The molecule has 36 heavy (non-hydrogen) atoms. The lowest BCUT2D eigenvalue weighted by molar-refractivity contribution is -0.120. The smallest absolute Gasteiger partial charge is 0.256 e. The molecule has 3 aliphatic rings. The van der Waals surface area contributed by atoms with E-state index >= 15 is 4.39 Å². The zero-order valence-corrected chi connectivity index (χ0v) is 21.2. The summed E-state index contributed by atoms with van der Waals surface area (Å²) in [7, 11) is 0. The molecule has 0 spiro atoms. The van der Waals surface area contributed by atoms with Gasteiger partial charge in [-0.3, -0.25) is 14.6 Å². The number of carbonyl (C=O) groups excluding carboxylic acids is 2. The number of aryl methyl sites for hydroxylation is 1. The van der Waals surface area contributed by atoms with E-state index in [1.807, 2.05) is 20.8 Å². The number of rotatable bonds is 4. The Labute approximate surface area is 209 Å². The number of anilines is 2. The molecule has 9 heteroatoms. The normalized spacial score (nSPS) is 28.6. The molecule has 5 rings (SSSR count). The van der Waals surface area contributed by atoms with Crippen LogP contribution in [0, 0.1) is 35.8 Å². The van der Waals surface area contributed by atoms with Crippen molar-refractivity contribution in [1.29, 1.82) is 0 Å². The maximum absolute atomic E-state index is 15.2. The lowest BCUT2D eigenvalue weighted by Gasteiger charge is -2.38. The van der Waals surface area contributed by atoms with Crippen LogP contribution in [0.5, 0.6) is 0 Å². The van der Waals surface area contributed by atoms with Gasteiger partial charge in [-0.25, -0.2) is 8.78 Å². The Balaban J connectivity index is 1.48. The van der Waals surface area contributed by atoms with Gasteiger partial charge in [-0.15, -0.1) is 0 Å². The summed E-state index contributed by atoms with van der Waals surface area (Å²) < 4.78 is 35.4. The molecule has 1 saturated carbocycles. The third kappa shape index (κ3) is 4.13. The highest BCUT2D eigenvalue weighted by Crippen LogP contribution is 2.65. The van der Waals surface area contributed by atoms with E-state index in [4.69, 9.17) is 4.74 Å². The number of piperidine rings is 1. The number of nitrogens with one attached hydrogen (secondary N) is 1. The molecule has 3 heterocycles. The number of hydrogen-bond donors (Lipinski definition) is 1. The maximum Gasteiger partial charge on any atom is 0.256 e. The average molecular weight is 499 g/mol. The van der Waals surface area contributed by atoms with E-state index in [1.54, 1.807) is 23.2 Å². The van der Waals surface area contributed by atoms with Crippen LogP contribution in [0.25, 0.3) is 0 Å². The van der Waals surface area contributed by atoms with Crippen molar-refractivity contribution in [2.75, 3.05) is 29.9 Å². The molecule has 0 unspecified atom stereocenters. The van der Waals surface area contributed by atoms with Crippen molar-refractivity contribution in [2.45, 2.75) is 52.9 Å². The zero-order valence-electron chi connectivity index (χ0n) is 21.2. The van der Waals surface area contributed by atoms with Crippen molar-refractivity contribution < 1.29 is 23.1 Å². The SMILES string of the molecule is Cc1cc(NC(=O)[C@@H]2[C@@H]3[C@H](CN2C(=O)c2ccc(F)c(F)c2N2C[C@@H](C)O[C@@H](C)C2)C3(C)C)ccn1. The van der Waals surface area contributed by atoms with E-state index in [2.05, 4.69) is 24.1 Å². The van der Waals surface area contributed by atoms with Gasteiger partial charge in [-0.05, 0) is 62.3 Å². The Kier molecular flexibility index (Phi) is 6.01. The van der Waals surface area contributed by atoms with E-state index in [0.717, 1.165) is 11.8 Å². The third-order valence-corrected chi connectivity index (χ3v) is 7.94. The van der Waals surface area contributed by atoms with E-state index in [1.165, 1.54) is 11.0 Å². The number of pyridine rings is 1. The second kappa shape index (κ2) is 8.80. The van der Waals surface area contributed by atoms with Crippen LogP contribution in [0.3, 0.4) is 0 Å². The molecule has 2 aliphatic heterocycles. The van der Waals surface area contributed by atoms with Crippen molar-refractivity contribution >= 4 is 23.2 Å². The number of nitrogens with zero attached hydrogens (tertiary/aromatic N) is 3. The number of aromatic nitrogens is 1. The fourth-order valence-electron chi connectivity index (χ4n) is 6.17. The molecule has 1 aromatic heterocycles. The van der Waals surface area contributed by atoms with Gasteiger partial charge in [0.05, 0.1) is 23.5 Å². The number of amides is 2. The van der Waals surface area contributed by atoms with Gasteiger partial charge in [0, 0.05) is 37.2 Å². The number of likely N-dealkylation sites (tertiary alicyclic amines) is 1. The zero-order chi connectivity index (χ0) is 25.9. The molecular weight excluding hydrogens is 466 g/mol. The second-order valence-electron chi connectivity index (χ2n) is 11.0. The van der Waals surface area contributed by atoms with Gasteiger partial charge in [0.1, 0.15) is 6.04 Å². The van der Waals surface area contributed by atoms with Crippen LogP contribution >= 0.6 is 0 Å². The molecular formula is C27H32F2N4O3. The van der Waals surface area contributed by atoms with Crippen LogP contribution in [0.1, 0.15) is 43.7 Å². The van der Waals surface area contributed by atoms with E-state index < -0.39 is 23.6 Å². The highest BCUT2D eigenvalue weighted by Gasteiger charge is 2.69. The molecule has 3 fully saturated rings. The molecule has 2 saturated heterocycles. The number of ether oxygens (including phenoxy) is 1. The predicted octanol–water partition coefficient (Wildman–Crippen LogP) is 4.02. The summed E-state index contributed by atoms with van der Waals surface area (Å²) in [6.45, 7) is 10.8. The molecule has 7 nitrogen and oxygen atoms in total. The fourth-order valence-corrected chi connectivity index (χ4v) is 6.17. The third-order valence-electron chi connectivity index (χ3n) is 7.94. The minimum absolute atomic E-state index is 0.0124. The van der Waals surface area contributed by atoms with Crippen LogP contribution in [-0.2, 0) is 9.53 Å². The van der Waals surface area contributed by atoms with Crippen LogP contribution in [0.2, 0.25) is 0 Å². The summed E-state index contributed by atoms with van der Waals surface area (Å²) in [5, 5.41) is 2.93. The minimum atomic E-state index is -1.06. The summed E-state index contributed by atoms with van der Waals surface area (Å²) in [4.78, 5) is 34.8. The molecule has 1 N–H and O–H groups in total. The number of fused-ring (bicyclic) bond motifs is 1. The molecule has 0 bridgehead atoms. The Bertz CT molecular complexity index is 1210. The molecule has 1 aromatic carbocycles. The largest absolute Gasteiger partial charge is 0.372 e. The lowest BCUT2D eigenvalue weighted by Crippen LogP contribution is -2.49. The van der Waals surface area contributed by atoms with Gasteiger partial charge in [-0.2, -0.15) is 0 Å². The predicted molar refractivity (Wildman–Crippen MR) is 132 cm³/mol. The van der Waals surface area contributed by atoms with Gasteiger partial charge in [0.15, 0.2) is 11.6 Å². The summed E-state index contributed by atoms with van der Waals surface area (Å²) in [5.41, 5.74) is 1.28. The summed E-state index contributed by atoms with van der Waals surface area (Å²) in [6.07, 6.45) is 1.20. The fraction of sp³-hybridized carbons (Fsp3) is 0.519.